The molecular weight excluding hydrogens is 793 g/mol. The van der Waals surface area contributed by atoms with Gasteiger partial charge in [0.15, 0.2) is 0 Å². The fraction of sp³-hybridized carbons (Fsp3) is 0.500. The molecule has 4 aromatic rings. The Labute approximate surface area is 371 Å². The molecule has 13 heteroatoms. The number of likely N-dealkylation sites (tertiary alicyclic amines) is 1. The molecular formula is C50H64N8O5. The van der Waals surface area contributed by atoms with Gasteiger partial charge in [-0.25, -0.2) is 4.68 Å². The van der Waals surface area contributed by atoms with Gasteiger partial charge in [0, 0.05) is 61.1 Å². The van der Waals surface area contributed by atoms with Gasteiger partial charge in [0.1, 0.15) is 11.7 Å². The molecule has 334 valence electrons. The third kappa shape index (κ3) is 12.4. The van der Waals surface area contributed by atoms with Crippen LogP contribution in [0.4, 0.5) is 0 Å². The lowest BCUT2D eigenvalue weighted by atomic mass is 9.94. The Morgan fingerprint density at radius 3 is 1.81 bits per heavy atom. The Morgan fingerprint density at radius 1 is 0.683 bits per heavy atom. The zero-order chi connectivity index (χ0) is 44.1. The summed E-state index contributed by atoms with van der Waals surface area (Å²) in [6, 6.07) is 26.4. The van der Waals surface area contributed by atoms with E-state index in [0.29, 0.717) is 24.2 Å². The van der Waals surface area contributed by atoms with Crippen molar-refractivity contribution in [2.24, 2.45) is 11.8 Å². The van der Waals surface area contributed by atoms with E-state index >= 15 is 0 Å². The van der Waals surface area contributed by atoms with Crippen LogP contribution in [0, 0.1) is 11.8 Å². The van der Waals surface area contributed by atoms with Gasteiger partial charge >= 0.3 is 0 Å². The number of benzene rings is 3. The predicted octanol–water partition coefficient (Wildman–Crippen LogP) is 6.52. The monoisotopic (exact) mass is 856 g/mol. The van der Waals surface area contributed by atoms with Crippen molar-refractivity contribution >= 4 is 29.5 Å². The average molecular weight is 857 g/mol. The summed E-state index contributed by atoms with van der Waals surface area (Å²) in [5.41, 5.74) is 4.06. The van der Waals surface area contributed by atoms with E-state index in [-0.39, 0.29) is 73.1 Å². The van der Waals surface area contributed by atoms with Crippen LogP contribution >= 0.6 is 0 Å². The van der Waals surface area contributed by atoms with Crippen molar-refractivity contribution in [2.45, 2.75) is 127 Å². The zero-order valence-electron chi connectivity index (χ0n) is 36.8. The topological polar surface area (TPSA) is 167 Å². The number of rotatable bonds is 23. The first-order valence-electron chi connectivity index (χ1n) is 23.3. The lowest BCUT2D eigenvalue weighted by Gasteiger charge is -2.18. The largest absolute Gasteiger partial charge is 0.354 e. The maximum atomic E-state index is 14.0. The van der Waals surface area contributed by atoms with E-state index in [2.05, 4.69) is 69.7 Å². The van der Waals surface area contributed by atoms with Crippen LogP contribution in [0.25, 0.3) is 11.3 Å². The van der Waals surface area contributed by atoms with Crippen LogP contribution in [0.3, 0.4) is 0 Å². The maximum Gasteiger partial charge on any atom is 0.253 e. The minimum absolute atomic E-state index is 0.00279. The van der Waals surface area contributed by atoms with Crippen LogP contribution in [0.5, 0.6) is 0 Å². The van der Waals surface area contributed by atoms with E-state index < -0.39 is 17.9 Å². The second kappa shape index (κ2) is 22.0. The molecule has 2 aliphatic carbocycles. The van der Waals surface area contributed by atoms with Crippen LogP contribution in [0.15, 0.2) is 91.1 Å². The van der Waals surface area contributed by atoms with Crippen molar-refractivity contribution in [1.29, 1.82) is 0 Å². The van der Waals surface area contributed by atoms with Crippen molar-refractivity contribution in [3.63, 3.8) is 0 Å². The number of hydrogen-bond acceptors (Lipinski definition) is 7. The molecule has 1 aliphatic heterocycles. The van der Waals surface area contributed by atoms with Gasteiger partial charge in [-0.05, 0) is 48.9 Å². The molecule has 7 atom stereocenters. The van der Waals surface area contributed by atoms with Crippen molar-refractivity contribution in [3.8, 4) is 11.3 Å². The molecule has 3 fully saturated rings. The summed E-state index contributed by atoms with van der Waals surface area (Å²) in [6.07, 6.45) is 13.0. The zero-order valence-corrected chi connectivity index (χ0v) is 36.8. The van der Waals surface area contributed by atoms with Gasteiger partial charge in [-0.2, -0.15) is 0 Å². The maximum absolute atomic E-state index is 14.0. The highest BCUT2D eigenvalue weighted by molar-refractivity contribution is 5.97. The van der Waals surface area contributed by atoms with Crippen LogP contribution in [0.2, 0.25) is 0 Å². The molecule has 0 bridgehead atoms. The van der Waals surface area contributed by atoms with Gasteiger partial charge in [-0.3, -0.25) is 24.0 Å². The molecule has 0 spiro atoms. The number of aromatic nitrogens is 3. The number of nitrogens with zero attached hydrogens (tertiary/aromatic N) is 4. The minimum atomic E-state index is -0.810. The molecule has 0 unspecified atom stereocenters. The standard InChI is InChI=1S/C50H64N8O5/c1-3-5-7-9-16-22-46(59)52-45(49(62)51-27-17-8-6-4-2)33-58-32-44(55-56-58)36-23-25-37(26-24-36)50(63)57-30-40(47(60)53-42-28-38(42)34-18-12-10-13-19-34)41(31-57)48(61)54-43-29-39(43)35-20-14-11-15-21-35/h10-15,18-21,23-26,32,38-43,45H,3-9,16-17,22,27-31,33H2,1-2H3,(H,51,62)(H,52,59)(H,53,60)(H,54,61)/t38-,39-,40-,41-,42+,43+,45+/m1/s1. The third-order valence-corrected chi connectivity index (χ3v) is 12.8. The second-order valence-electron chi connectivity index (χ2n) is 17.7. The second-order valence-corrected chi connectivity index (χ2v) is 17.7. The molecule has 0 radical (unpaired) electrons. The molecule has 3 aromatic carbocycles. The first kappa shape index (κ1) is 45.2. The first-order chi connectivity index (χ1) is 30.7. The van der Waals surface area contributed by atoms with Crippen molar-refractivity contribution in [3.05, 3.63) is 108 Å². The summed E-state index contributed by atoms with van der Waals surface area (Å²) in [5.74, 6) is -1.95. The van der Waals surface area contributed by atoms with Gasteiger partial charge in [-0.1, -0.05) is 137 Å². The molecule has 1 saturated heterocycles. The summed E-state index contributed by atoms with van der Waals surface area (Å²) in [4.78, 5) is 69.7. The van der Waals surface area contributed by atoms with E-state index in [4.69, 9.17) is 0 Å². The SMILES string of the molecule is CCCCCCCC(=O)N[C@@H](Cn1cc(-c2ccc(C(=O)N3C[C@@H](C(=O)N[C@H]4C[C@@H]4c4ccccc4)[C@H](C(=O)N[C@H]4C[C@@H]4c4ccccc4)C3)cc2)nn1)C(=O)NCCCCCC. The minimum Gasteiger partial charge on any atom is -0.354 e. The van der Waals surface area contributed by atoms with Gasteiger partial charge in [-0.15, -0.1) is 5.10 Å². The third-order valence-electron chi connectivity index (χ3n) is 12.8. The van der Waals surface area contributed by atoms with E-state index in [0.717, 1.165) is 76.2 Å². The Hall–Kier alpha value is -5.85. The fourth-order valence-electron chi connectivity index (χ4n) is 8.84. The van der Waals surface area contributed by atoms with Gasteiger partial charge in [0.2, 0.25) is 23.6 Å². The molecule has 13 nitrogen and oxygen atoms in total. The van der Waals surface area contributed by atoms with Crippen LogP contribution in [-0.4, -0.2) is 87.2 Å². The van der Waals surface area contributed by atoms with Crippen molar-refractivity contribution in [2.75, 3.05) is 19.6 Å². The number of amides is 5. The average Bonchev–Trinajstić information content (AvgIpc) is 4.14. The number of unbranched alkanes of at least 4 members (excludes halogenated alkanes) is 7. The summed E-state index contributed by atoms with van der Waals surface area (Å²) in [5, 5.41) is 21.0. The van der Waals surface area contributed by atoms with Crippen molar-refractivity contribution in [1.82, 2.24) is 41.2 Å². The summed E-state index contributed by atoms with van der Waals surface area (Å²) in [7, 11) is 0. The Bertz CT molecular complexity index is 2070. The normalized spacial score (nSPS) is 21.6. The lowest BCUT2D eigenvalue weighted by Crippen LogP contribution is -2.49. The molecule has 2 saturated carbocycles. The molecule has 1 aromatic heterocycles. The lowest BCUT2D eigenvalue weighted by molar-refractivity contribution is -0.133. The van der Waals surface area contributed by atoms with Crippen LogP contribution in [-0.2, 0) is 25.7 Å². The van der Waals surface area contributed by atoms with Gasteiger partial charge in [0.25, 0.3) is 5.91 Å². The summed E-state index contributed by atoms with van der Waals surface area (Å²) < 4.78 is 1.56. The first-order valence-corrected chi connectivity index (χ1v) is 23.3. The van der Waals surface area contributed by atoms with Crippen LogP contribution < -0.4 is 21.3 Å². The van der Waals surface area contributed by atoms with E-state index in [9.17, 15) is 24.0 Å². The number of hydrogen-bond donors (Lipinski definition) is 4. The summed E-state index contributed by atoms with van der Waals surface area (Å²) >= 11 is 0. The number of carbonyl (C=O) groups is 5. The smallest absolute Gasteiger partial charge is 0.253 e. The molecule has 2 heterocycles. The highest BCUT2D eigenvalue weighted by atomic mass is 16.2. The molecule has 63 heavy (non-hydrogen) atoms. The Kier molecular flexibility index (Phi) is 15.8. The Morgan fingerprint density at radius 2 is 1.24 bits per heavy atom. The van der Waals surface area contributed by atoms with Crippen LogP contribution in [0.1, 0.15) is 124 Å². The molecule has 7 rings (SSSR count). The van der Waals surface area contributed by atoms with Gasteiger partial charge in [0.05, 0.1) is 24.6 Å². The highest BCUT2D eigenvalue weighted by Crippen LogP contribution is 2.42. The highest BCUT2D eigenvalue weighted by Gasteiger charge is 2.49. The number of carbonyl (C=O) groups excluding carboxylic acids is 5. The molecule has 4 N–H and O–H groups in total. The molecule has 3 aliphatic rings. The summed E-state index contributed by atoms with van der Waals surface area (Å²) in [6.45, 7) is 5.23. The van der Waals surface area contributed by atoms with Gasteiger partial charge < -0.3 is 26.2 Å². The van der Waals surface area contributed by atoms with Crippen molar-refractivity contribution < 1.29 is 24.0 Å². The van der Waals surface area contributed by atoms with E-state index in [1.54, 1.807) is 40.0 Å². The fourth-order valence-corrected chi connectivity index (χ4v) is 8.84. The van der Waals surface area contributed by atoms with E-state index in [1.165, 1.54) is 11.1 Å². The van der Waals surface area contributed by atoms with E-state index in [1.807, 2.05) is 36.4 Å². The molecule has 5 amide bonds. The predicted molar refractivity (Wildman–Crippen MR) is 242 cm³/mol. The Balaban J connectivity index is 0.980. The quantitative estimate of drug-likeness (QED) is 0.0617. The number of nitrogens with one attached hydrogen (secondary N) is 4.